The highest BCUT2D eigenvalue weighted by molar-refractivity contribution is 6.30. The first-order chi connectivity index (χ1) is 7.58. The maximum absolute atomic E-state index is 11.7. The molecule has 2 rings (SSSR count). The topological polar surface area (TPSA) is 32.7 Å². The highest BCUT2D eigenvalue weighted by Gasteiger charge is 2.23. The molecule has 0 spiro atoms. The van der Waals surface area contributed by atoms with E-state index in [9.17, 15) is 4.79 Å². The van der Waals surface area contributed by atoms with Crippen LogP contribution in [0.25, 0.3) is 6.08 Å². The number of halogens is 1. The van der Waals surface area contributed by atoms with Crippen LogP contribution in [0.1, 0.15) is 12.5 Å². The SMILES string of the molecule is CC1=N/C(=C\c2cccc(Cl)c2)C(=O)N1C. The van der Waals surface area contributed by atoms with Gasteiger partial charge in [-0.2, -0.15) is 0 Å². The normalized spacial score (nSPS) is 18.2. The second-order valence-corrected chi connectivity index (χ2v) is 4.04. The number of nitrogens with zero attached hydrogens (tertiary/aromatic N) is 2. The van der Waals surface area contributed by atoms with Gasteiger partial charge in [0.25, 0.3) is 5.91 Å². The number of aliphatic imine (C=N–C) groups is 1. The van der Waals surface area contributed by atoms with E-state index in [-0.39, 0.29) is 5.91 Å². The summed E-state index contributed by atoms with van der Waals surface area (Å²) >= 11 is 5.86. The third-order valence-corrected chi connectivity index (χ3v) is 2.68. The highest BCUT2D eigenvalue weighted by atomic mass is 35.5. The molecule has 3 nitrogen and oxygen atoms in total. The van der Waals surface area contributed by atoms with Gasteiger partial charge in [-0.3, -0.25) is 9.69 Å². The molecular formula is C12H11ClN2O. The molecule has 1 aliphatic heterocycles. The maximum Gasteiger partial charge on any atom is 0.277 e. The van der Waals surface area contributed by atoms with Crippen LogP contribution in [0.4, 0.5) is 0 Å². The van der Waals surface area contributed by atoms with Crippen molar-refractivity contribution in [1.82, 2.24) is 4.90 Å². The zero-order valence-electron chi connectivity index (χ0n) is 9.07. The molecular weight excluding hydrogens is 224 g/mol. The Kier molecular flexibility index (Phi) is 2.79. The van der Waals surface area contributed by atoms with Gasteiger partial charge in [-0.25, -0.2) is 4.99 Å². The average Bonchev–Trinajstić information content (AvgIpc) is 2.47. The standard InChI is InChI=1S/C12H11ClN2O/c1-8-14-11(12(16)15(8)2)7-9-4-3-5-10(13)6-9/h3-7H,1-2H3/b11-7-. The van der Waals surface area contributed by atoms with Crippen LogP contribution in [-0.2, 0) is 4.79 Å². The van der Waals surface area contributed by atoms with Crippen LogP contribution in [0.15, 0.2) is 35.0 Å². The predicted octanol–water partition coefficient (Wildman–Crippen LogP) is 2.57. The van der Waals surface area contributed by atoms with Crippen LogP contribution in [0.5, 0.6) is 0 Å². The lowest BCUT2D eigenvalue weighted by molar-refractivity contribution is -0.121. The average molecular weight is 235 g/mol. The minimum Gasteiger partial charge on any atom is -0.298 e. The van der Waals surface area contributed by atoms with Crippen molar-refractivity contribution in [3.63, 3.8) is 0 Å². The van der Waals surface area contributed by atoms with Crippen molar-refractivity contribution in [3.8, 4) is 0 Å². The molecule has 82 valence electrons. The summed E-state index contributed by atoms with van der Waals surface area (Å²) in [5, 5.41) is 0.647. The van der Waals surface area contributed by atoms with Crippen LogP contribution in [-0.4, -0.2) is 23.7 Å². The fourth-order valence-electron chi connectivity index (χ4n) is 1.46. The summed E-state index contributed by atoms with van der Waals surface area (Å²) in [6.45, 7) is 1.80. The molecule has 0 saturated carbocycles. The number of likely N-dealkylation sites (N-methyl/N-ethyl adjacent to an activating group) is 1. The summed E-state index contributed by atoms with van der Waals surface area (Å²) in [4.78, 5) is 17.4. The molecule has 0 fully saturated rings. The molecule has 0 bridgehead atoms. The Morgan fingerprint density at radius 1 is 1.44 bits per heavy atom. The molecule has 4 heteroatoms. The van der Waals surface area contributed by atoms with Crippen LogP contribution in [0.2, 0.25) is 5.02 Å². The van der Waals surface area contributed by atoms with Crippen LogP contribution in [0, 0.1) is 0 Å². The van der Waals surface area contributed by atoms with E-state index in [2.05, 4.69) is 4.99 Å². The van der Waals surface area contributed by atoms with Gasteiger partial charge in [0.05, 0.1) is 0 Å². The maximum atomic E-state index is 11.7. The first kappa shape index (κ1) is 10.9. The molecule has 0 atom stereocenters. The molecule has 0 aliphatic carbocycles. The number of amidine groups is 1. The number of carbonyl (C=O) groups excluding carboxylic acids is 1. The second-order valence-electron chi connectivity index (χ2n) is 3.61. The molecule has 0 N–H and O–H groups in total. The quantitative estimate of drug-likeness (QED) is 0.688. The predicted molar refractivity (Wildman–Crippen MR) is 65.3 cm³/mol. The Morgan fingerprint density at radius 2 is 2.19 bits per heavy atom. The van der Waals surface area contributed by atoms with E-state index >= 15 is 0 Å². The molecule has 1 aromatic rings. The lowest BCUT2D eigenvalue weighted by Crippen LogP contribution is -2.25. The minimum absolute atomic E-state index is 0.0857. The number of amides is 1. The fourth-order valence-corrected chi connectivity index (χ4v) is 1.66. The molecule has 0 aromatic heterocycles. The number of carbonyl (C=O) groups is 1. The lowest BCUT2D eigenvalue weighted by atomic mass is 10.2. The molecule has 1 aliphatic rings. The van der Waals surface area contributed by atoms with Crippen LogP contribution >= 0.6 is 11.6 Å². The van der Waals surface area contributed by atoms with Gasteiger partial charge in [0.15, 0.2) is 0 Å². The van der Waals surface area contributed by atoms with E-state index in [4.69, 9.17) is 11.6 Å². The van der Waals surface area contributed by atoms with Gasteiger partial charge in [-0.15, -0.1) is 0 Å². The van der Waals surface area contributed by atoms with Crippen molar-refractivity contribution in [3.05, 3.63) is 40.5 Å². The molecule has 0 unspecified atom stereocenters. The van der Waals surface area contributed by atoms with Crippen molar-refractivity contribution in [2.24, 2.45) is 4.99 Å². The molecule has 1 amide bonds. The van der Waals surface area contributed by atoms with Gasteiger partial charge >= 0.3 is 0 Å². The van der Waals surface area contributed by atoms with Gasteiger partial charge in [0, 0.05) is 12.1 Å². The minimum atomic E-state index is -0.0857. The van der Waals surface area contributed by atoms with E-state index in [0.717, 1.165) is 5.56 Å². The summed E-state index contributed by atoms with van der Waals surface area (Å²) < 4.78 is 0. The first-order valence-electron chi connectivity index (χ1n) is 4.88. The number of hydrogen-bond donors (Lipinski definition) is 0. The Morgan fingerprint density at radius 3 is 2.75 bits per heavy atom. The van der Waals surface area contributed by atoms with Crippen molar-refractivity contribution >= 4 is 29.4 Å². The molecule has 0 radical (unpaired) electrons. The third-order valence-electron chi connectivity index (χ3n) is 2.44. The van der Waals surface area contributed by atoms with Crippen molar-refractivity contribution in [2.75, 3.05) is 7.05 Å². The van der Waals surface area contributed by atoms with E-state index in [1.165, 1.54) is 4.90 Å². The Labute approximate surface area is 99.0 Å². The third kappa shape index (κ3) is 1.99. The number of hydrogen-bond acceptors (Lipinski definition) is 2. The van der Waals surface area contributed by atoms with Gasteiger partial charge in [-0.1, -0.05) is 23.7 Å². The van der Waals surface area contributed by atoms with Crippen LogP contribution < -0.4 is 0 Å². The van der Waals surface area contributed by atoms with Gasteiger partial charge < -0.3 is 0 Å². The summed E-state index contributed by atoms with van der Waals surface area (Å²) in [5.74, 6) is 0.621. The number of benzene rings is 1. The van der Waals surface area contributed by atoms with E-state index in [1.54, 1.807) is 32.2 Å². The highest BCUT2D eigenvalue weighted by Crippen LogP contribution is 2.18. The fraction of sp³-hybridized carbons (Fsp3) is 0.167. The largest absolute Gasteiger partial charge is 0.298 e. The zero-order valence-corrected chi connectivity index (χ0v) is 9.82. The molecule has 0 saturated heterocycles. The van der Waals surface area contributed by atoms with E-state index in [1.807, 2.05) is 12.1 Å². The summed E-state index contributed by atoms with van der Waals surface area (Å²) in [6.07, 6.45) is 1.74. The lowest BCUT2D eigenvalue weighted by Gasteiger charge is -2.05. The monoisotopic (exact) mass is 234 g/mol. The molecule has 1 heterocycles. The van der Waals surface area contributed by atoms with Gasteiger partial charge in [-0.05, 0) is 30.7 Å². The van der Waals surface area contributed by atoms with Crippen molar-refractivity contribution in [2.45, 2.75) is 6.92 Å². The summed E-state index contributed by atoms with van der Waals surface area (Å²) in [6, 6.07) is 7.31. The van der Waals surface area contributed by atoms with Crippen molar-refractivity contribution < 1.29 is 4.79 Å². The first-order valence-corrected chi connectivity index (χ1v) is 5.26. The van der Waals surface area contributed by atoms with Gasteiger partial charge in [0.2, 0.25) is 0 Å². The second kappa shape index (κ2) is 4.10. The van der Waals surface area contributed by atoms with Crippen molar-refractivity contribution in [1.29, 1.82) is 0 Å². The molecule has 16 heavy (non-hydrogen) atoms. The summed E-state index contributed by atoms with van der Waals surface area (Å²) in [5.41, 5.74) is 1.32. The Bertz CT molecular complexity index is 505. The van der Waals surface area contributed by atoms with Crippen LogP contribution in [0.3, 0.4) is 0 Å². The van der Waals surface area contributed by atoms with E-state index < -0.39 is 0 Å². The van der Waals surface area contributed by atoms with Gasteiger partial charge in [0.1, 0.15) is 11.5 Å². The van der Waals surface area contributed by atoms with E-state index in [0.29, 0.717) is 16.6 Å². The zero-order chi connectivity index (χ0) is 11.7. The Hall–Kier alpha value is -1.61. The summed E-state index contributed by atoms with van der Waals surface area (Å²) in [7, 11) is 1.71. The smallest absolute Gasteiger partial charge is 0.277 e. The Balaban J connectivity index is 2.36. The number of rotatable bonds is 1. The molecule has 1 aromatic carbocycles.